The molecule has 3 heterocycles. The van der Waals surface area contributed by atoms with Gasteiger partial charge in [0, 0.05) is 35.9 Å². The lowest BCUT2D eigenvalue weighted by molar-refractivity contribution is -0.117. The third-order valence-corrected chi connectivity index (χ3v) is 5.37. The van der Waals surface area contributed by atoms with E-state index in [1.54, 1.807) is 6.20 Å². The van der Waals surface area contributed by atoms with Gasteiger partial charge in [-0.15, -0.1) is 0 Å². The Kier molecular flexibility index (Phi) is 3.71. The second-order valence-electron chi connectivity index (χ2n) is 7.26. The average molecular weight is 347 g/mol. The zero-order valence-electron chi connectivity index (χ0n) is 14.4. The summed E-state index contributed by atoms with van der Waals surface area (Å²) in [6, 6.07) is 10.2. The van der Waals surface area contributed by atoms with Crippen molar-refractivity contribution >= 4 is 17.4 Å². The molecule has 2 aliphatic rings. The highest BCUT2D eigenvalue weighted by molar-refractivity contribution is 5.95. The zero-order valence-corrected chi connectivity index (χ0v) is 14.4. The van der Waals surface area contributed by atoms with Crippen molar-refractivity contribution in [2.75, 3.05) is 5.32 Å². The maximum atomic E-state index is 12.5. The molecular formula is C20H21N5O. The molecular weight excluding hydrogens is 326 g/mol. The highest BCUT2D eigenvalue weighted by Gasteiger charge is 2.38. The lowest BCUT2D eigenvalue weighted by atomic mass is 10.1. The number of carbonyl (C=O) groups is 1. The monoisotopic (exact) mass is 347 g/mol. The van der Waals surface area contributed by atoms with Gasteiger partial charge in [-0.3, -0.25) is 9.20 Å². The molecule has 6 heteroatoms. The van der Waals surface area contributed by atoms with E-state index in [1.165, 1.54) is 12.8 Å². The Hall–Kier alpha value is -2.73. The van der Waals surface area contributed by atoms with E-state index in [-0.39, 0.29) is 11.9 Å². The Bertz CT molecular complexity index is 911. The van der Waals surface area contributed by atoms with Crippen LogP contribution >= 0.6 is 0 Å². The largest absolute Gasteiger partial charge is 0.325 e. The molecule has 1 amide bonds. The maximum absolute atomic E-state index is 12.5. The summed E-state index contributed by atoms with van der Waals surface area (Å²) in [5.74, 6) is 1.54. The average Bonchev–Trinajstić information content (AvgIpc) is 3.23. The molecule has 2 aromatic heterocycles. The molecule has 1 saturated carbocycles. The summed E-state index contributed by atoms with van der Waals surface area (Å²) in [7, 11) is 0. The van der Waals surface area contributed by atoms with E-state index < -0.39 is 0 Å². The fourth-order valence-electron chi connectivity index (χ4n) is 3.77. The Balaban J connectivity index is 1.26. The number of aromatic nitrogens is 3. The summed E-state index contributed by atoms with van der Waals surface area (Å²) in [5, 5.41) is 6.52. The Morgan fingerprint density at radius 3 is 2.77 bits per heavy atom. The van der Waals surface area contributed by atoms with Gasteiger partial charge >= 0.3 is 0 Å². The number of hydrogen-bond acceptors (Lipinski definition) is 4. The van der Waals surface area contributed by atoms with Gasteiger partial charge in [0.1, 0.15) is 0 Å². The second-order valence-corrected chi connectivity index (χ2v) is 7.26. The van der Waals surface area contributed by atoms with Crippen LogP contribution in [-0.4, -0.2) is 32.4 Å². The first kappa shape index (κ1) is 15.5. The van der Waals surface area contributed by atoms with E-state index in [2.05, 4.69) is 20.6 Å². The first-order chi connectivity index (χ1) is 12.8. The quantitative estimate of drug-likeness (QED) is 0.761. The molecule has 1 aliphatic carbocycles. The molecule has 1 aliphatic heterocycles. The van der Waals surface area contributed by atoms with E-state index in [4.69, 9.17) is 0 Å². The van der Waals surface area contributed by atoms with Crippen LogP contribution in [0, 0.1) is 5.92 Å². The van der Waals surface area contributed by atoms with Gasteiger partial charge in [-0.2, -0.15) is 0 Å². The number of nitrogens with one attached hydrogen (secondary N) is 2. The van der Waals surface area contributed by atoms with Crippen LogP contribution in [0.2, 0.25) is 0 Å². The molecule has 2 N–H and O–H groups in total. The van der Waals surface area contributed by atoms with Crippen molar-refractivity contribution in [3.8, 4) is 11.3 Å². The van der Waals surface area contributed by atoms with E-state index >= 15 is 0 Å². The highest BCUT2D eigenvalue weighted by atomic mass is 16.2. The number of fused-ring (bicyclic) bond motifs is 1. The SMILES string of the molecule is O=C(Nc1ccc(-c2cn3cccnc3n2)cc1)C1CCC(C2CC2)N1. The molecule has 1 saturated heterocycles. The van der Waals surface area contributed by atoms with Crippen molar-refractivity contribution in [3.05, 3.63) is 48.9 Å². The number of hydrogen-bond donors (Lipinski definition) is 2. The molecule has 132 valence electrons. The number of nitrogens with zero attached hydrogens (tertiary/aromatic N) is 3. The zero-order chi connectivity index (χ0) is 17.5. The number of amides is 1. The highest BCUT2D eigenvalue weighted by Crippen LogP contribution is 2.37. The molecule has 6 nitrogen and oxygen atoms in total. The molecule has 5 rings (SSSR count). The van der Waals surface area contributed by atoms with Crippen molar-refractivity contribution in [2.45, 2.75) is 37.8 Å². The number of benzene rings is 1. The summed E-state index contributed by atoms with van der Waals surface area (Å²) >= 11 is 0. The predicted octanol–water partition coefficient (Wildman–Crippen LogP) is 2.87. The van der Waals surface area contributed by atoms with Crippen molar-refractivity contribution < 1.29 is 4.79 Å². The first-order valence-electron chi connectivity index (χ1n) is 9.23. The van der Waals surface area contributed by atoms with Crippen molar-refractivity contribution in [1.82, 2.24) is 19.7 Å². The normalized spacial score (nSPS) is 22.6. The molecule has 3 aromatic rings. The summed E-state index contributed by atoms with van der Waals surface area (Å²) in [6.45, 7) is 0. The Morgan fingerprint density at radius 1 is 1.15 bits per heavy atom. The van der Waals surface area contributed by atoms with Gasteiger partial charge in [-0.05, 0) is 49.8 Å². The first-order valence-corrected chi connectivity index (χ1v) is 9.23. The second kappa shape index (κ2) is 6.21. The van der Waals surface area contributed by atoms with Crippen LogP contribution in [0.15, 0.2) is 48.9 Å². The third kappa shape index (κ3) is 2.97. The van der Waals surface area contributed by atoms with Gasteiger partial charge in [-0.1, -0.05) is 12.1 Å². The molecule has 2 unspecified atom stereocenters. The van der Waals surface area contributed by atoms with Gasteiger partial charge in [0.25, 0.3) is 0 Å². The van der Waals surface area contributed by atoms with Crippen LogP contribution in [0.5, 0.6) is 0 Å². The summed E-state index contributed by atoms with van der Waals surface area (Å²) in [5.41, 5.74) is 2.69. The van der Waals surface area contributed by atoms with Gasteiger partial charge in [0.2, 0.25) is 11.7 Å². The summed E-state index contributed by atoms with van der Waals surface area (Å²) < 4.78 is 1.90. The minimum Gasteiger partial charge on any atom is -0.325 e. The summed E-state index contributed by atoms with van der Waals surface area (Å²) in [6.07, 6.45) is 10.3. The van der Waals surface area contributed by atoms with Gasteiger partial charge in [0.15, 0.2) is 0 Å². The molecule has 1 aromatic carbocycles. The van der Waals surface area contributed by atoms with Crippen LogP contribution in [0.25, 0.3) is 17.0 Å². The molecule has 0 spiro atoms. The molecule has 0 radical (unpaired) electrons. The maximum Gasteiger partial charge on any atom is 0.241 e. The van der Waals surface area contributed by atoms with E-state index in [0.29, 0.717) is 11.8 Å². The fourth-order valence-corrected chi connectivity index (χ4v) is 3.77. The number of imidazole rings is 1. The van der Waals surface area contributed by atoms with Gasteiger partial charge in [-0.25, -0.2) is 9.97 Å². The van der Waals surface area contributed by atoms with Crippen LogP contribution in [0.1, 0.15) is 25.7 Å². The summed E-state index contributed by atoms with van der Waals surface area (Å²) in [4.78, 5) is 21.2. The van der Waals surface area contributed by atoms with Crippen LogP contribution in [-0.2, 0) is 4.79 Å². The van der Waals surface area contributed by atoms with Crippen molar-refractivity contribution in [1.29, 1.82) is 0 Å². The van der Waals surface area contributed by atoms with E-state index in [1.807, 2.05) is 47.1 Å². The molecule has 2 fully saturated rings. The Labute approximate surface area is 151 Å². The lowest BCUT2D eigenvalue weighted by Crippen LogP contribution is -2.39. The number of rotatable bonds is 4. The molecule has 26 heavy (non-hydrogen) atoms. The van der Waals surface area contributed by atoms with Crippen LogP contribution < -0.4 is 10.6 Å². The molecule has 2 atom stereocenters. The Morgan fingerprint density at radius 2 is 2.00 bits per heavy atom. The number of carbonyl (C=O) groups excluding carboxylic acids is 1. The fraction of sp³-hybridized carbons (Fsp3) is 0.350. The van der Waals surface area contributed by atoms with Crippen molar-refractivity contribution in [3.63, 3.8) is 0 Å². The number of anilines is 1. The van der Waals surface area contributed by atoms with Gasteiger partial charge in [0.05, 0.1) is 11.7 Å². The van der Waals surface area contributed by atoms with Crippen LogP contribution in [0.3, 0.4) is 0 Å². The third-order valence-electron chi connectivity index (χ3n) is 5.37. The topological polar surface area (TPSA) is 71.3 Å². The predicted molar refractivity (Wildman–Crippen MR) is 99.7 cm³/mol. The minimum atomic E-state index is -0.0650. The van der Waals surface area contributed by atoms with Crippen LogP contribution in [0.4, 0.5) is 5.69 Å². The lowest BCUT2D eigenvalue weighted by Gasteiger charge is -2.14. The smallest absolute Gasteiger partial charge is 0.241 e. The molecule has 0 bridgehead atoms. The van der Waals surface area contributed by atoms with E-state index in [0.717, 1.165) is 35.7 Å². The van der Waals surface area contributed by atoms with E-state index in [9.17, 15) is 4.79 Å². The van der Waals surface area contributed by atoms with Crippen molar-refractivity contribution in [2.24, 2.45) is 5.92 Å². The standard InChI is InChI=1S/C20H21N5O/c26-19(17-9-8-16(23-17)13-2-3-13)22-15-6-4-14(5-7-15)18-12-25-11-1-10-21-20(25)24-18/h1,4-7,10-13,16-17,23H,2-3,8-9H2,(H,22,26). The van der Waals surface area contributed by atoms with Gasteiger partial charge < -0.3 is 10.6 Å². The minimum absolute atomic E-state index is 0.0650.